The molecular formula is C24H42N4O4. The average Bonchev–Trinajstić information content (AvgIpc) is 3.00. The molecule has 0 saturated carbocycles. The third-order valence-corrected chi connectivity index (χ3v) is 7.61. The largest absolute Gasteiger partial charge is 0.479 e. The molecule has 3 aliphatic rings. The van der Waals surface area contributed by atoms with Crippen LogP contribution in [0.25, 0.3) is 0 Å². The highest BCUT2D eigenvalue weighted by molar-refractivity contribution is 5.85. The van der Waals surface area contributed by atoms with Crippen LogP contribution in [0.1, 0.15) is 79.6 Å². The number of hydrazine groups is 2. The number of carbonyl (C=O) groups is 1. The van der Waals surface area contributed by atoms with Gasteiger partial charge in [0.15, 0.2) is 0 Å². The van der Waals surface area contributed by atoms with Crippen LogP contribution in [0.4, 0.5) is 0 Å². The van der Waals surface area contributed by atoms with E-state index in [1.54, 1.807) is 0 Å². The van der Waals surface area contributed by atoms with Crippen LogP contribution in [-0.4, -0.2) is 58.3 Å². The van der Waals surface area contributed by atoms with Crippen LogP contribution >= 0.6 is 0 Å². The van der Waals surface area contributed by atoms with Crippen LogP contribution in [0.2, 0.25) is 0 Å². The maximum absolute atomic E-state index is 12.6. The summed E-state index contributed by atoms with van der Waals surface area (Å²) in [6, 6.07) is 0. The SMILES string of the molecule is CCCCC1(C)OC(C)CN2C1=C(C1=CCC(CC)(COCC)CC1)C(N)(C(=O)O)N2N. The summed E-state index contributed by atoms with van der Waals surface area (Å²) in [4.78, 5) is 12.6. The van der Waals surface area contributed by atoms with Crippen LogP contribution in [-0.2, 0) is 14.3 Å². The van der Waals surface area contributed by atoms with Crippen molar-refractivity contribution in [3.05, 3.63) is 22.9 Å². The van der Waals surface area contributed by atoms with E-state index in [1.165, 1.54) is 5.12 Å². The molecule has 5 N–H and O–H groups in total. The van der Waals surface area contributed by atoms with Crippen molar-refractivity contribution >= 4 is 5.97 Å². The van der Waals surface area contributed by atoms with Crippen molar-refractivity contribution in [1.82, 2.24) is 10.1 Å². The molecule has 8 nitrogen and oxygen atoms in total. The van der Waals surface area contributed by atoms with Gasteiger partial charge in [-0.05, 0) is 63.9 Å². The summed E-state index contributed by atoms with van der Waals surface area (Å²) in [7, 11) is 0. The molecule has 0 aromatic carbocycles. The summed E-state index contributed by atoms with van der Waals surface area (Å²) in [5.41, 5.74) is 6.64. The number of nitrogens with zero attached hydrogens (tertiary/aromatic N) is 2. The molecule has 1 saturated heterocycles. The van der Waals surface area contributed by atoms with E-state index >= 15 is 0 Å². The van der Waals surface area contributed by atoms with Gasteiger partial charge in [0.1, 0.15) is 5.60 Å². The molecule has 8 heteroatoms. The zero-order chi connectivity index (χ0) is 23.7. The lowest BCUT2D eigenvalue weighted by atomic mass is 9.70. The molecule has 0 aromatic rings. The number of hydrogen-bond acceptors (Lipinski definition) is 7. The Morgan fingerprint density at radius 2 is 2.09 bits per heavy atom. The first-order valence-corrected chi connectivity index (χ1v) is 12.1. The van der Waals surface area contributed by atoms with Crippen LogP contribution in [0.5, 0.6) is 0 Å². The number of aliphatic carboxylic acids is 1. The van der Waals surface area contributed by atoms with Crippen molar-refractivity contribution in [3.63, 3.8) is 0 Å². The van der Waals surface area contributed by atoms with Crippen molar-refractivity contribution in [2.24, 2.45) is 17.0 Å². The number of ether oxygens (including phenoxy) is 2. The Bertz CT molecular complexity index is 784. The minimum atomic E-state index is -1.83. The number of morpholine rings is 1. The van der Waals surface area contributed by atoms with E-state index in [4.69, 9.17) is 21.1 Å². The molecule has 182 valence electrons. The zero-order valence-electron chi connectivity index (χ0n) is 20.4. The number of allylic oxidation sites excluding steroid dienone is 1. The van der Waals surface area contributed by atoms with Crippen LogP contribution in [0.3, 0.4) is 0 Å². The fourth-order valence-corrected chi connectivity index (χ4v) is 5.56. The van der Waals surface area contributed by atoms with E-state index in [9.17, 15) is 9.90 Å². The minimum Gasteiger partial charge on any atom is -0.479 e. The second kappa shape index (κ2) is 9.43. The van der Waals surface area contributed by atoms with Gasteiger partial charge in [-0.15, -0.1) is 5.12 Å². The topological polar surface area (TPSA) is 114 Å². The fourth-order valence-electron chi connectivity index (χ4n) is 5.56. The molecule has 1 aliphatic carbocycles. The summed E-state index contributed by atoms with van der Waals surface area (Å²) in [6.07, 6.45) is 8.37. The molecule has 3 rings (SSSR count). The summed E-state index contributed by atoms with van der Waals surface area (Å²) < 4.78 is 12.3. The van der Waals surface area contributed by atoms with E-state index < -0.39 is 17.2 Å². The minimum absolute atomic E-state index is 0.0784. The van der Waals surface area contributed by atoms with Crippen LogP contribution in [0.15, 0.2) is 22.9 Å². The lowest BCUT2D eigenvalue weighted by Crippen LogP contribution is -2.67. The van der Waals surface area contributed by atoms with E-state index in [-0.39, 0.29) is 11.5 Å². The van der Waals surface area contributed by atoms with Gasteiger partial charge in [-0.25, -0.2) is 10.6 Å². The van der Waals surface area contributed by atoms with E-state index in [2.05, 4.69) is 26.8 Å². The number of rotatable bonds is 9. The summed E-state index contributed by atoms with van der Waals surface area (Å²) in [6.45, 7) is 12.3. The Labute approximate surface area is 192 Å². The van der Waals surface area contributed by atoms with Gasteiger partial charge in [-0.3, -0.25) is 10.7 Å². The lowest BCUT2D eigenvalue weighted by molar-refractivity contribution is -0.180. The van der Waals surface area contributed by atoms with Crippen molar-refractivity contribution in [3.8, 4) is 0 Å². The lowest BCUT2D eigenvalue weighted by Gasteiger charge is -2.47. The number of hydrogen-bond donors (Lipinski definition) is 3. The number of nitrogens with two attached hydrogens (primary N) is 2. The monoisotopic (exact) mass is 450 g/mol. The molecule has 32 heavy (non-hydrogen) atoms. The van der Waals surface area contributed by atoms with Crippen molar-refractivity contribution in [2.45, 2.75) is 96.9 Å². The second-order valence-electron chi connectivity index (χ2n) is 9.91. The van der Waals surface area contributed by atoms with Crippen molar-refractivity contribution < 1.29 is 19.4 Å². The third kappa shape index (κ3) is 4.12. The Morgan fingerprint density at radius 1 is 1.38 bits per heavy atom. The van der Waals surface area contributed by atoms with Crippen LogP contribution in [0, 0.1) is 5.41 Å². The first kappa shape index (κ1) is 25.2. The summed E-state index contributed by atoms with van der Waals surface area (Å²) in [5.74, 6) is 5.28. The molecule has 0 spiro atoms. The molecule has 2 aliphatic heterocycles. The van der Waals surface area contributed by atoms with E-state index in [0.29, 0.717) is 25.3 Å². The summed E-state index contributed by atoms with van der Waals surface area (Å²) in [5, 5.41) is 13.4. The van der Waals surface area contributed by atoms with Crippen molar-refractivity contribution in [1.29, 1.82) is 0 Å². The predicted octanol–water partition coefficient (Wildman–Crippen LogP) is 3.30. The maximum atomic E-state index is 12.6. The fraction of sp³-hybridized carbons (Fsp3) is 0.792. The summed E-state index contributed by atoms with van der Waals surface area (Å²) >= 11 is 0. The number of fused-ring (bicyclic) bond motifs is 1. The van der Waals surface area contributed by atoms with Gasteiger partial charge in [0.05, 0.1) is 25.0 Å². The highest BCUT2D eigenvalue weighted by Crippen LogP contribution is 2.50. The number of carboxylic acid groups (broad SMARTS) is 1. The quantitative estimate of drug-likeness (QED) is 0.459. The predicted molar refractivity (Wildman–Crippen MR) is 124 cm³/mol. The Hall–Kier alpha value is -1.45. The molecule has 0 bridgehead atoms. The Kier molecular flexibility index (Phi) is 7.42. The molecule has 2 heterocycles. The van der Waals surface area contributed by atoms with Gasteiger partial charge < -0.3 is 14.6 Å². The maximum Gasteiger partial charge on any atom is 0.347 e. The van der Waals surface area contributed by atoms with Gasteiger partial charge in [0.2, 0.25) is 5.66 Å². The van der Waals surface area contributed by atoms with E-state index in [0.717, 1.165) is 56.2 Å². The third-order valence-electron chi connectivity index (χ3n) is 7.61. The smallest absolute Gasteiger partial charge is 0.347 e. The van der Waals surface area contributed by atoms with Gasteiger partial charge >= 0.3 is 5.97 Å². The zero-order valence-corrected chi connectivity index (χ0v) is 20.4. The highest BCUT2D eigenvalue weighted by atomic mass is 16.5. The molecular weight excluding hydrogens is 408 g/mol. The molecule has 0 aromatic heterocycles. The highest BCUT2D eigenvalue weighted by Gasteiger charge is 2.60. The molecule has 0 radical (unpaired) electrons. The normalized spacial score (nSPS) is 35.8. The Morgan fingerprint density at radius 3 is 2.62 bits per heavy atom. The van der Waals surface area contributed by atoms with Gasteiger partial charge in [-0.2, -0.15) is 0 Å². The van der Waals surface area contributed by atoms with E-state index in [1.807, 2.05) is 18.9 Å². The number of carboxylic acids is 1. The molecule has 4 unspecified atom stereocenters. The van der Waals surface area contributed by atoms with Gasteiger partial charge in [0.25, 0.3) is 0 Å². The second-order valence-corrected chi connectivity index (χ2v) is 9.91. The molecule has 4 atom stereocenters. The van der Waals surface area contributed by atoms with Gasteiger partial charge in [-0.1, -0.05) is 32.8 Å². The first-order chi connectivity index (χ1) is 15.1. The average molecular weight is 451 g/mol. The first-order valence-electron chi connectivity index (χ1n) is 12.1. The van der Waals surface area contributed by atoms with Gasteiger partial charge in [0, 0.05) is 12.2 Å². The molecule has 1 fully saturated rings. The number of unbranched alkanes of at least 4 members (excludes halogenated alkanes) is 1. The Balaban J connectivity index is 2.12. The van der Waals surface area contributed by atoms with Crippen LogP contribution < -0.4 is 11.6 Å². The standard InChI is InChI=1S/C24H42N4O4/c1-6-9-12-22(5)20-19(18-10-13-23(7-2,14-11-18)16-31-8-3)24(25,21(29)30)28(26)27(20)15-17(4)32-22/h10,17H,6-9,11-16,25-26H2,1-5H3,(H,29,30). The molecule has 0 amide bonds. The van der Waals surface area contributed by atoms with Crippen molar-refractivity contribution in [2.75, 3.05) is 19.8 Å².